The zero-order valence-electron chi connectivity index (χ0n) is 14.3. The second kappa shape index (κ2) is 6.76. The molecule has 3 N–H and O–H groups in total. The second-order valence-electron chi connectivity index (χ2n) is 7.02. The molecule has 0 heterocycles. The molecule has 0 aliphatic heterocycles. The van der Waals surface area contributed by atoms with E-state index in [9.17, 15) is 14.7 Å². The fourth-order valence-corrected chi connectivity index (χ4v) is 1.60. The van der Waals surface area contributed by atoms with Crippen molar-refractivity contribution in [3.05, 3.63) is 18.2 Å². The van der Waals surface area contributed by atoms with Gasteiger partial charge in [-0.1, -0.05) is 0 Å². The van der Waals surface area contributed by atoms with Crippen molar-refractivity contribution in [2.24, 2.45) is 0 Å². The summed E-state index contributed by atoms with van der Waals surface area (Å²) in [5.41, 5.74) is -0.715. The van der Waals surface area contributed by atoms with Gasteiger partial charge in [-0.05, 0) is 47.6 Å². The molecule has 1 rings (SSSR count). The molecule has 2 amide bonds. The smallest absolute Gasteiger partial charge is 0.412 e. The fraction of sp³-hybridized carbons (Fsp3) is 0.500. The van der Waals surface area contributed by atoms with E-state index in [0.29, 0.717) is 0 Å². The van der Waals surface area contributed by atoms with Crippen LogP contribution in [0.15, 0.2) is 18.2 Å². The maximum absolute atomic E-state index is 11.7. The number of phenolic OH excluding ortho intramolecular Hbond substituents is 1. The fourth-order valence-electron chi connectivity index (χ4n) is 1.60. The lowest BCUT2D eigenvalue weighted by atomic mass is 10.2. The van der Waals surface area contributed by atoms with Crippen molar-refractivity contribution in [3.8, 4) is 5.75 Å². The van der Waals surface area contributed by atoms with Gasteiger partial charge >= 0.3 is 12.2 Å². The Morgan fingerprint density at radius 1 is 0.826 bits per heavy atom. The summed E-state index contributed by atoms with van der Waals surface area (Å²) in [7, 11) is 0. The van der Waals surface area contributed by atoms with Crippen LogP contribution in [-0.2, 0) is 9.47 Å². The van der Waals surface area contributed by atoms with Crippen LogP contribution in [0.4, 0.5) is 21.0 Å². The normalized spacial score (nSPS) is 11.6. The Kier molecular flexibility index (Phi) is 5.47. The van der Waals surface area contributed by atoms with Gasteiger partial charge in [-0.2, -0.15) is 0 Å². The van der Waals surface area contributed by atoms with Gasteiger partial charge in [0.05, 0.1) is 0 Å². The van der Waals surface area contributed by atoms with Crippen LogP contribution in [0, 0.1) is 0 Å². The second-order valence-corrected chi connectivity index (χ2v) is 7.02. The van der Waals surface area contributed by atoms with Crippen molar-refractivity contribution in [1.82, 2.24) is 0 Å². The minimum absolute atomic E-state index is 0.121. The maximum Gasteiger partial charge on any atom is 0.412 e. The van der Waals surface area contributed by atoms with Crippen LogP contribution in [0.5, 0.6) is 5.75 Å². The number of rotatable bonds is 2. The summed E-state index contributed by atoms with van der Waals surface area (Å²) in [5.74, 6) is -0.121. The monoisotopic (exact) mass is 324 g/mol. The molecule has 0 fully saturated rings. The van der Waals surface area contributed by atoms with Crippen molar-refractivity contribution in [2.45, 2.75) is 52.7 Å². The van der Waals surface area contributed by atoms with Gasteiger partial charge < -0.3 is 14.6 Å². The summed E-state index contributed by atoms with van der Waals surface area (Å²) in [5, 5.41) is 14.7. The SMILES string of the molecule is CC(C)(C)OC(=O)Nc1cc(O)cc(NC(=O)OC(C)(C)C)c1. The lowest BCUT2D eigenvalue weighted by molar-refractivity contribution is 0.0625. The van der Waals surface area contributed by atoms with Crippen LogP contribution < -0.4 is 10.6 Å². The number of hydrogen-bond donors (Lipinski definition) is 3. The molecule has 0 unspecified atom stereocenters. The molecule has 1 aromatic rings. The molecule has 0 bridgehead atoms. The minimum atomic E-state index is -0.661. The highest BCUT2D eigenvalue weighted by molar-refractivity contribution is 5.89. The van der Waals surface area contributed by atoms with Gasteiger partial charge in [0.25, 0.3) is 0 Å². The molecule has 0 radical (unpaired) electrons. The van der Waals surface area contributed by atoms with E-state index < -0.39 is 23.4 Å². The van der Waals surface area contributed by atoms with E-state index in [1.807, 2.05) is 0 Å². The first-order valence-corrected chi connectivity index (χ1v) is 7.18. The highest BCUT2D eigenvalue weighted by Gasteiger charge is 2.18. The van der Waals surface area contributed by atoms with Crippen molar-refractivity contribution < 1.29 is 24.2 Å². The van der Waals surface area contributed by atoms with E-state index in [4.69, 9.17) is 9.47 Å². The number of nitrogens with one attached hydrogen (secondary N) is 2. The first-order chi connectivity index (χ1) is 10.3. The van der Waals surface area contributed by atoms with Gasteiger partial charge in [0, 0.05) is 23.5 Å². The average Bonchev–Trinajstić information content (AvgIpc) is 2.20. The van der Waals surface area contributed by atoms with Gasteiger partial charge in [-0.25, -0.2) is 9.59 Å². The molecule has 1 aromatic carbocycles. The molecule has 7 heteroatoms. The third-order valence-corrected chi connectivity index (χ3v) is 2.21. The van der Waals surface area contributed by atoms with E-state index in [1.165, 1.54) is 18.2 Å². The van der Waals surface area contributed by atoms with Gasteiger partial charge in [-0.3, -0.25) is 10.6 Å². The number of hydrogen-bond acceptors (Lipinski definition) is 5. The Hall–Kier alpha value is -2.44. The number of benzene rings is 1. The van der Waals surface area contributed by atoms with Crippen molar-refractivity contribution in [1.29, 1.82) is 0 Å². The van der Waals surface area contributed by atoms with E-state index in [-0.39, 0.29) is 17.1 Å². The Bertz CT molecular complexity index is 537. The number of phenols is 1. The molecule has 7 nitrogen and oxygen atoms in total. The molecular weight excluding hydrogens is 300 g/mol. The highest BCUT2D eigenvalue weighted by atomic mass is 16.6. The summed E-state index contributed by atoms with van der Waals surface area (Å²) in [6, 6.07) is 4.15. The molecule has 0 spiro atoms. The third kappa shape index (κ3) is 7.94. The molecule has 0 aromatic heterocycles. The quantitative estimate of drug-likeness (QED) is 0.761. The van der Waals surface area contributed by atoms with Crippen LogP contribution in [0.1, 0.15) is 41.5 Å². The molecule has 0 aliphatic carbocycles. The van der Waals surface area contributed by atoms with Gasteiger partial charge in [-0.15, -0.1) is 0 Å². The Morgan fingerprint density at radius 2 is 1.17 bits per heavy atom. The minimum Gasteiger partial charge on any atom is -0.508 e. The summed E-state index contributed by atoms with van der Waals surface area (Å²) in [6.07, 6.45) is -1.32. The molecule has 128 valence electrons. The van der Waals surface area contributed by atoms with Crippen LogP contribution in [0.2, 0.25) is 0 Å². The molecular formula is C16H24N2O5. The highest BCUT2D eigenvalue weighted by Crippen LogP contribution is 2.24. The number of aromatic hydroxyl groups is 1. The van der Waals surface area contributed by atoms with E-state index >= 15 is 0 Å². The average molecular weight is 324 g/mol. The lowest BCUT2D eigenvalue weighted by Gasteiger charge is -2.20. The van der Waals surface area contributed by atoms with Crippen LogP contribution in [0.25, 0.3) is 0 Å². The summed E-state index contributed by atoms with van der Waals surface area (Å²) in [4.78, 5) is 23.5. The summed E-state index contributed by atoms with van der Waals surface area (Å²) in [6.45, 7) is 10.4. The number of ether oxygens (including phenoxy) is 2. The van der Waals surface area contributed by atoms with Gasteiger partial charge in [0.1, 0.15) is 17.0 Å². The van der Waals surface area contributed by atoms with Crippen molar-refractivity contribution in [2.75, 3.05) is 10.6 Å². The van der Waals surface area contributed by atoms with E-state index in [2.05, 4.69) is 10.6 Å². The molecule has 0 saturated carbocycles. The predicted octanol–water partition coefficient (Wildman–Crippen LogP) is 4.09. The molecule has 0 atom stereocenters. The lowest BCUT2D eigenvalue weighted by Crippen LogP contribution is -2.28. The van der Waals surface area contributed by atoms with Crippen LogP contribution in [0.3, 0.4) is 0 Å². The first-order valence-electron chi connectivity index (χ1n) is 7.18. The van der Waals surface area contributed by atoms with E-state index in [1.54, 1.807) is 41.5 Å². The molecule has 0 saturated heterocycles. The Labute approximate surface area is 136 Å². The van der Waals surface area contributed by atoms with Crippen molar-refractivity contribution >= 4 is 23.6 Å². The Morgan fingerprint density at radius 3 is 1.48 bits per heavy atom. The number of carbonyl (C=O) groups excluding carboxylic acids is 2. The maximum atomic E-state index is 11.7. The third-order valence-electron chi connectivity index (χ3n) is 2.21. The number of anilines is 2. The standard InChI is InChI=1S/C16H24N2O5/c1-15(2,3)22-13(20)17-10-7-11(9-12(19)8-10)18-14(21)23-16(4,5)6/h7-9,19H,1-6H3,(H,17,20)(H,18,21). The van der Waals surface area contributed by atoms with Gasteiger partial charge in [0.15, 0.2) is 0 Å². The zero-order chi connectivity index (χ0) is 17.8. The predicted molar refractivity (Wildman–Crippen MR) is 87.8 cm³/mol. The molecule has 0 aliphatic rings. The number of amides is 2. The largest absolute Gasteiger partial charge is 0.508 e. The van der Waals surface area contributed by atoms with Crippen molar-refractivity contribution in [3.63, 3.8) is 0 Å². The topological polar surface area (TPSA) is 96.9 Å². The molecule has 23 heavy (non-hydrogen) atoms. The zero-order valence-corrected chi connectivity index (χ0v) is 14.3. The summed E-state index contributed by atoms with van der Waals surface area (Å²) >= 11 is 0. The van der Waals surface area contributed by atoms with Crippen LogP contribution in [-0.4, -0.2) is 28.5 Å². The Balaban J connectivity index is 2.79. The first kappa shape index (κ1) is 18.6. The van der Waals surface area contributed by atoms with E-state index in [0.717, 1.165) is 0 Å². The summed E-state index contributed by atoms with van der Waals surface area (Å²) < 4.78 is 10.2. The van der Waals surface area contributed by atoms with Gasteiger partial charge in [0.2, 0.25) is 0 Å². The van der Waals surface area contributed by atoms with Crippen LogP contribution >= 0.6 is 0 Å². The number of carbonyl (C=O) groups is 2.